The number of hydrogen-bond acceptors (Lipinski definition) is 2. The molecule has 0 amide bonds. The fourth-order valence-corrected chi connectivity index (χ4v) is 1.82. The smallest absolute Gasteiger partial charge is 0.191 e. The van der Waals surface area contributed by atoms with Gasteiger partial charge in [0.15, 0.2) is 5.96 Å². The minimum Gasteiger partial charge on any atom is -0.381 e. The Morgan fingerprint density at radius 1 is 1.39 bits per heavy atom. The summed E-state index contributed by atoms with van der Waals surface area (Å²) < 4.78 is 5.53. The van der Waals surface area contributed by atoms with E-state index in [4.69, 9.17) is 4.74 Å². The van der Waals surface area contributed by atoms with Gasteiger partial charge in [-0.2, -0.15) is 0 Å². The Morgan fingerprint density at radius 2 is 2.11 bits per heavy atom. The number of nitrogens with zero attached hydrogens (tertiary/aromatic N) is 1. The highest BCUT2D eigenvalue weighted by Crippen LogP contribution is 2.08. The van der Waals surface area contributed by atoms with Gasteiger partial charge in [0, 0.05) is 32.8 Å². The van der Waals surface area contributed by atoms with Crippen LogP contribution in [0.25, 0.3) is 0 Å². The molecule has 0 aromatic heterocycles. The largest absolute Gasteiger partial charge is 0.381 e. The molecule has 0 unspecified atom stereocenters. The lowest BCUT2D eigenvalue weighted by Gasteiger charge is -2.16. The molecule has 1 rings (SSSR count). The molecule has 0 saturated carbocycles. The zero-order chi connectivity index (χ0) is 13.2. The SMILES string of the molecule is CN=C(NCCCOCC(C)C)NC1CC=CC1. The van der Waals surface area contributed by atoms with E-state index in [-0.39, 0.29) is 0 Å². The van der Waals surface area contributed by atoms with Crippen molar-refractivity contribution in [2.75, 3.05) is 26.8 Å². The lowest BCUT2D eigenvalue weighted by Crippen LogP contribution is -2.42. The van der Waals surface area contributed by atoms with Gasteiger partial charge in [0.05, 0.1) is 0 Å². The summed E-state index contributed by atoms with van der Waals surface area (Å²) in [5, 5.41) is 6.73. The summed E-state index contributed by atoms with van der Waals surface area (Å²) in [6.07, 6.45) is 7.63. The van der Waals surface area contributed by atoms with Crippen molar-refractivity contribution in [1.29, 1.82) is 0 Å². The second-order valence-electron chi connectivity index (χ2n) is 5.11. The second kappa shape index (κ2) is 8.97. The maximum absolute atomic E-state index is 5.53. The first-order valence-corrected chi connectivity index (χ1v) is 6.92. The van der Waals surface area contributed by atoms with Crippen LogP contribution in [0.15, 0.2) is 17.1 Å². The van der Waals surface area contributed by atoms with E-state index in [2.05, 4.69) is 41.6 Å². The highest BCUT2D eigenvalue weighted by molar-refractivity contribution is 5.80. The van der Waals surface area contributed by atoms with E-state index in [0.29, 0.717) is 12.0 Å². The van der Waals surface area contributed by atoms with Gasteiger partial charge in [-0.15, -0.1) is 0 Å². The third kappa shape index (κ3) is 6.64. The quantitative estimate of drug-likeness (QED) is 0.315. The average molecular weight is 253 g/mol. The standard InChI is InChI=1S/C14H27N3O/c1-12(2)11-18-10-6-9-16-14(15-3)17-13-7-4-5-8-13/h4-5,12-13H,6-11H2,1-3H3,(H2,15,16,17). The summed E-state index contributed by atoms with van der Waals surface area (Å²) in [5.41, 5.74) is 0. The first-order valence-electron chi connectivity index (χ1n) is 6.92. The Balaban J connectivity index is 2.02. The summed E-state index contributed by atoms with van der Waals surface area (Å²) in [4.78, 5) is 4.22. The highest BCUT2D eigenvalue weighted by atomic mass is 16.5. The normalized spacial score (nSPS) is 16.6. The molecule has 0 bridgehead atoms. The zero-order valence-corrected chi connectivity index (χ0v) is 11.9. The van der Waals surface area contributed by atoms with Gasteiger partial charge in [-0.3, -0.25) is 4.99 Å². The predicted octanol–water partition coefficient (Wildman–Crippen LogP) is 1.93. The molecule has 0 atom stereocenters. The molecule has 2 N–H and O–H groups in total. The van der Waals surface area contributed by atoms with E-state index in [1.54, 1.807) is 0 Å². The van der Waals surface area contributed by atoms with Crippen molar-refractivity contribution in [3.05, 3.63) is 12.2 Å². The summed E-state index contributed by atoms with van der Waals surface area (Å²) in [7, 11) is 1.81. The van der Waals surface area contributed by atoms with Crippen LogP contribution in [0.3, 0.4) is 0 Å². The zero-order valence-electron chi connectivity index (χ0n) is 11.9. The lowest BCUT2D eigenvalue weighted by molar-refractivity contribution is 0.108. The van der Waals surface area contributed by atoms with Crippen LogP contribution in [0, 0.1) is 5.92 Å². The predicted molar refractivity (Wildman–Crippen MR) is 76.9 cm³/mol. The number of guanidine groups is 1. The summed E-state index contributed by atoms with van der Waals surface area (Å²) in [6, 6.07) is 0.508. The van der Waals surface area contributed by atoms with Gasteiger partial charge in [0.1, 0.15) is 0 Å². The molecule has 4 nitrogen and oxygen atoms in total. The van der Waals surface area contributed by atoms with Crippen LogP contribution in [0.2, 0.25) is 0 Å². The van der Waals surface area contributed by atoms with Crippen LogP contribution < -0.4 is 10.6 Å². The topological polar surface area (TPSA) is 45.7 Å². The number of ether oxygens (including phenoxy) is 1. The lowest BCUT2D eigenvalue weighted by atomic mass is 10.2. The number of hydrogen-bond donors (Lipinski definition) is 2. The molecule has 1 aliphatic rings. The maximum atomic E-state index is 5.53. The molecule has 0 aromatic rings. The fraction of sp³-hybridized carbons (Fsp3) is 0.786. The van der Waals surface area contributed by atoms with Crippen LogP contribution in [0.1, 0.15) is 33.1 Å². The van der Waals surface area contributed by atoms with Crippen molar-refractivity contribution < 1.29 is 4.74 Å². The number of nitrogens with one attached hydrogen (secondary N) is 2. The Morgan fingerprint density at radius 3 is 2.72 bits per heavy atom. The molecule has 18 heavy (non-hydrogen) atoms. The van der Waals surface area contributed by atoms with E-state index in [1.807, 2.05) is 7.05 Å². The summed E-state index contributed by atoms with van der Waals surface area (Å²) >= 11 is 0. The third-order valence-corrected chi connectivity index (χ3v) is 2.78. The molecular weight excluding hydrogens is 226 g/mol. The molecule has 104 valence electrons. The van der Waals surface area contributed by atoms with Crippen LogP contribution in [0.5, 0.6) is 0 Å². The van der Waals surface area contributed by atoms with E-state index >= 15 is 0 Å². The molecule has 4 heteroatoms. The minimum atomic E-state index is 0.508. The fourth-order valence-electron chi connectivity index (χ4n) is 1.82. The van der Waals surface area contributed by atoms with Gasteiger partial charge < -0.3 is 15.4 Å². The Bertz CT molecular complexity index is 266. The number of aliphatic imine (C=N–C) groups is 1. The van der Waals surface area contributed by atoms with E-state index in [0.717, 1.165) is 45.0 Å². The minimum absolute atomic E-state index is 0.508. The van der Waals surface area contributed by atoms with Crippen LogP contribution >= 0.6 is 0 Å². The van der Waals surface area contributed by atoms with Gasteiger partial charge in [-0.25, -0.2) is 0 Å². The van der Waals surface area contributed by atoms with Crippen molar-refractivity contribution in [1.82, 2.24) is 10.6 Å². The van der Waals surface area contributed by atoms with Crippen molar-refractivity contribution >= 4 is 5.96 Å². The van der Waals surface area contributed by atoms with Crippen molar-refractivity contribution in [3.63, 3.8) is 0 Å². The van der Waals surface area contributed by atoms with E-state index < -0.39 is 0 Å². The second-order valence-corrected chi connectivity index (χ2v) is 5.11. The Kier molecular flexibility index (Phi) is 7.49. The van der Waals surface area contributed by atoms with E-state index in [9.17, 15) is 0 Å². The molecular formula is C14H27N3O. The van der Waals surface area contributed by atoms with Crippen molar-refractivity contribution in [3.8, 4) is 0 Å². The molecule has 1 aliphatic carbocycles. The Labute approximate surface area is 111 Å². The first-order chi connectivity index (χ1) is 8.72. The van der Waals surface area contributed by atoms with Crippen LogP contribution in [0.4, 0.5) is 0 Å². The van der Waals surface area contributed by atoms with Gasteiger partial charge in [-0.1, -0.05) is 26.0 Å². The molecule has 0 radical (unpaired) electrons. The molecule has 0 fully saturated rings. The number of rotatable bonds is 7. The Hall–Kier alpha value is -1.03. The summed E-state index contributed by atoms with van der Waals surface area (Å²) in [5.74, 6) is 1.51. The summed E-state index contributed by atoms with van der Waals surface area (Å²) in [6.45, 7) is 6.89. The highest BCUT2D eigenvalue weighted by Gasteiger charge is 2.10. The third-order valence-electron chi connectivity index (χ3n) is 2.78. The van der Waals surface area contributed by atoms with Gasteiger partial charge in [-0.05, 0) is 25.2 Å². The van der Waals surface area contributed by atoms with Gasteiger partial charge >= 0.3 is 0 Å². The molecule has 0 heterocycles. The van der Waals surface area contributed by atoms with Crippen molar-refractivity contribution in [2.45, 2.75) is 39.2 Å². The first kappa shape index (κ1) is 15.0. The van der Waals surface area contributed by atoms with Crippen LogP contribution in [-0.4, -0.2) is 38.8 Å². The average Bonchev–Trinajstić information content (AvgIpc) is 2.84. The monoisotopic (exact) mass is 253 g/mol. The molecule has 0 aliphatic heterocycles. The molecule has 0 aromatic carbocycles. The van der Waals surface area contributed by atoms with Crippen LogP contribution in [-0.2, 0) is 4.74 Å². The van der Waals surface area contributed by atoms with Crippen molar-refractivity contribution in [2.24, 2.45) is 10.9 Å². The van der Waals surface area contributed by atoms with Gasteiger partial charge in [0.2, 0.25) is 0 Å². The molecule has 0 spiro atoms. The maximum Gasteiger partial charge on any atom is 0.191 e. The van der Waals surface area contributed by atoms with Gasteiger partial charge in [0.25, 0.3) is 0 Å². The van der Waals surface area contributed by atoms with E-state index in [1.165, 1.54) is 0 Å². The molecule has 0 saturated heterocycles.